The van der Waals surface area contributed by atoms with Crippen LogP contribution in [0, 0.1) is 5.92 Å². The lowest BCUT2D eigenvalue weighted by Gasteiger charge is -2.20. The van der Waals surface area contributed by atoms with Crippen molar-refractivity contribution < 1.29 is 27.8 Å². The molecule has 2 atom stereocenters. The Morgan fingerprint density at radius 1 is 1.37 bits per heavy atom. The van der Waals surface area contributed by atoms with Gasteiger partial charge < -0.3 is 4.74 Å². The monoisotopic (exact) mass is 296 g/mol. The van der Waals surface area contributed by atoms with E-state index in [9.17, 15) is 18.1 Å². The molecule has 7 heteroatoms. The van der Waals surface area contributed by atoms with Gasteiger partial charge in [-0.05, 0) is 17.7 Å². The zero-order valence-corrected chi connectivity index (χ0v) is 11.0. The van der Waals surface area contributed by atoms with Crippen LogP contribution in [0.1, 0.15) is 18.4 Å². The van der Waals surface area contributed by atoms with Crippen LogP contribution in [0.4, 0.5) is 13.3 Å². The van der Waals surface area contributed by atoms with Gasteiger partial charge in [0.1, 0.15) is 5.75 Å². The Labute approximate surface area is 113 Å². The lowest BCUT2D eigenvalue weighted by Crippen LogP contribution is -2.25. The predicted octanol–water partition coefficient (Wildman–Crippen LogP) is 3.76. The van der Waals surface area contributed by atoms with Crippen LogP contribution in [0.15, 0.2) is 18.2 Å². The molecule has 0 aromatic heterocycles. The van der Waals surface area contributed by atoms with Crippen molar-refractivity contribution in [3.63, 3.8) is 0 Å². The van der Waals surface area contributed by atoms with Gasteiger partial charge in [-0.1, -0.05) is 24.6 Å². The van der Waals surface area contributed by atoms with Crippen LogP contribution in [0.2, 0.25) is 5.02 Å². The smallest absolute Gasteiger partial charge is 0.356 e. The molecule has 19 heavy (non-hydrogen) atoms. The van der Waals surface area contributed by atoms with Gasteiger partial charge in [-0.15, -0.1) is 0 Å². The normalized spacial score (nSPS) is 14.1. The molecule has 0 fully saturated rings. The minimum absolute atomic E-state index is 0.150. The summed E-state index contributed by atoms with van der Waals surface area (Å²) in [7, 11) is 1.34. The molecule has 0 amide bonds. The molecule has 0 spiro atoms. The first-order chi connectivity index (χ1) is 8.92. The molecule has 0 saturated carbocycles. The third kappa shape index (κ3) is 3.53. The first-order valence-electron chi connectivity index (χ1n) is 5.36. The summed E-state index contributed by atoms with van der Waals surface area (Å²) < 4.78 is 42.5. The number of methoxy groups -OCH3 is 1. The quantitative estimate of drug-likeness (QED) is 0.830. The number of ether oxygens (including phenoxy) is 1. The summed E-state index contributed by atoms with van der Waals surface area (Å²) in [6, 6.07) is 4.04. The van der Waals surface area contributed by atoms with Gasteiger partial charge in [0, 0.05) is 10.4 Å². The molecule has 0 unspecified atom stereocenters. The summed E-state index contributed by atoms with van der Waals surface area (Å²) >= 11 is 5.79. The maximum atomic E-state index is 12.7. The van der Waals surface area contributed by atoms with E-state index in [1.165, 1.54) is 25.3 Å². The van der Waals surface area contributed by atoms with Gasteiger partial charge in [-0.3, -0.25) is 4.94 Å². The van der Waals surface area contributed by atoms with Crippen LogP contribution in [0.5, 0.6) is 5.75 Å². The average Bonchev–Trinajstić information content (AvgIpc) is 2.40. The Balaban J connectivity index is 3.21. The molecule has 1 aromatic rings. The second-order valence-electron chi connectivity index (χ2n) is 3.96. The SMILES string of the molecule is COc1cc([C@@H](C(=O)OF)[C@@H](C)C(F)F)ccc1Cl. The maximum absolute atomic E-state index is 12.7. The maximum Gasteiger partial charge on any atom is 0.356 e. The van der Waals surface area contributed by atoms with Crippen LogP contribution in [-0.2, 0) is 9.74 Å². The number of carbonyl (C=O) groups is 1. The van der Waals surface area contributed by atoms with Gasteiger partial charge in [-0.2, -0.15) is 0 Å². The molecule has 0 aliphatic rings. The van der Waals surface area contributed by atoms with Gasteiger partial charge in [-0.25, -0.2) is 13.6 Å². The van der Waals surface area contributed by atoms with Gasteiger partial charge in [0.2, 0.25) is 6.43 Å². The van der Waals surface area contributed by atoms with E-state index in [1.54, 1.807) is 0 Å². The first kappa shape index (κ1) is 15.6. The highest BCUT2D eigenvalue weighted by Gasteiger charge is 2.35. The number of hydrogen-bond acceptors (Lipinski definition) is 3. The largest absolute Gasteiger partial charge is 0.495 e. The topological polar surface area (TPSA) is 35.5 Å². The zero-order valence-electron chi connectivity index (χ0n) is 10.2. The minimum Gasteiger partial charge on any atom is -0.495 e. The molecule has 0 bridgehead atoms. The highest BCUT2D eigenvalue weighted by atomic mass is 35.5. The van der Waals surface area contributed by atoms with E-state index < -0.39 is 24.2 Å². The van der Waals surface area contributed by atoms with Crippen LogP contribution >= 0.6 is 11.6 Å². The Bertz CT molecular complexity index is 454. The highest BCUT2D eigenvalue weighted by Crippen LogP contribution is 2.35. The summed E-state index contributed by atoms with van der Waals surface area (Å²) in [5.41, 5.74) is 0.150. The van der Waals surface area contributed by atoms with Crippen molar-refractivity contribution in [2.24, 2.45) is 5.92 Å². The minimum atomic E-state index is -2.80. The lowest BCUT2D eigenvalue weighted by atomic mass is 9.87. The zero-order chi connectivity index (χ0) is 14.6. The van der Waals surface area contributed by atoms with Crippen molar-refractivity contribution in [1.29, 1.82) is 0 Å². The molecule has 106 valence electrons. The summed E-state index contributed by atoms with van der Waals surface area (Å²) in [6.45, 7) is 1.13. The number of benzene rings is 1. The Hall–Kier alpha value is -1.43. The van der Waals surface area contributed by atoms with Gasteiger partial charge >= 0.3 is 5.97 Å². The number of rotatable bonds is 5. The van der Waals surface area contributed by atoms with E-state index in [-0.39, 0.29) is 16.3 Å². The average molecular weight is 297 g/mol. The highest BCUT2D eigenvalue weighted by molar-refractivity contribution is 6.32. The van der Waals surface area contributed by atoms with Crippen LogP contribution in [0.3, 0.4) is 0 Å². The summed E-state index contributed by atoms with van der Waals surface area (Å²) in [5, 5.41) is 0.253. The molecular formula is C12H12ClF3O3. The Kier molecular flexibility index (Phi) is 5.47. The fraction of sp³-hybridized carbons (Fsp3) is 0.417. The van der Waals surface area contributed by atoms with Crippen LogP contribution in [-0.4, -0.2) is 19.5 Å². The third-order valence-electron chi connectivity index (χ3n) is 2.79. The fourth-order valence-electron chi connectivity index (χ4n) is 1.72. The molecule has 0 N–H and O–H groups in total. The molecule has 0 aliphatic heterocycles. The Morgan fingerprint density at radius 3 is 2.47 bits per heavy atom. The third-order valence-corrected chi connectivity index (χ3v) is 3.10. The number of halogens is 4. The summed E-state index contributed by atoms with van der Waals surface area (Å²) in [5.74, 6) is -4.01. The van der Waals surface area contributed by atoms with Crippen LogP contribution in [0.25, 0.3) is 0 Å². The van der Waals surface area contributed by atoms with E-state index >= 15 is 0 Å². The first-order valence-corrected chi connectivity index (χ1v) is 5.74. The molecule has 0 aliphatic carbocycles. The van der Waals surface area contributed by atoms with E-state index in [0.29, 0.717) is 0 Å². The number of alkyl halides is 2. The van der Waals surface area contributed by atoms with Crippen molar-refractivity contribution in [3.8, 4) is 5.75 Å². The summed E-state index contributed by atoms with van der Waals surface area (Å²) in [4.78, 5) is 14.4. The van der Waals surface area contributed by atoms with Gasteiger partial charge in [0.15, 0.2) is 0 Å². The second-order valence-corrected chi connectivity index (χ2v) is 4.37. The van der Waals surface area contributed by atoms with Crippen LogP contribution < -0.4 is 4.74 Å². The fourth-order valence-corrected chi connectivity index (χ4v) is 1.91. The lowest BCUT2D eigenvalue weighted by molar-refractivity contribution is -0.188. The molecule has 1 rings (SSSR count). The van der Waals surface area contributed by atoms with Gasteiger partial charge in [0.25, 0.3) is 0 Å². The summed E-state index contributed by atoms with van der Waals surface area (Å²) in [6.07, 6.45) is -2.80. The van der Waals surface area contributed by atoms with Crippen molar-refractivity contribution >= 4 is 17.6 Å². The van der Waals surface area contributed by atoms with Crippen molar-refractivity contribution in [2.45, 2.75) is 19.3 Å². The van der Waals surface area contributed by atoms with Crippen molar-refractivity contribution in [1.82, 2.24) is 0 Å². The number of carbonyl (C=O) groups excluding carboxylic acids is 1. The van der Waals surface area contributed by atoms with Gasteiger partial charge in [0.05, 0.1) is 18.1 Å². The van der Waals surface area contributed by atoms with E-state index in [1.807, 2.05) is 0 Å². The van der Waals surface area contributed by atoms with Crippen molar-refractivity contribution in [2.75, 3.05) is 7.11 Å². The van der Waals surface area contributed by atoms with E-state index in [0.717, 1.165) is 6.92 Å². The molecule has 3 nitrogen and oxygen atoms in total. The molecule has 0 radical (unpaired) electrons. The molecule has 0 saturated heterocycles. The molecule has 0 heterocycles. The predicted molar refractivity (Wildman–Crippen MR) is 63.1 cm³/mol. The molecular weight excluding hydrogens is 285 g/mol. The molecule has 1 aromatic carbocycles. The van der Waals surface area contributed by atoms with E-state index in [4.69, 9.17) is 16.3 Å². The Morgan fingerprint density at radius 2 is 2.00 bits per heavy atom. The number of hydrogen-bond donors (Lipinski definition) is 0. The standard InChI is InChI=1S/C12H12ClF3O3/c1-6(11(14)15)10(12(17)19-16)7-3-4-8(13)9(5-7)18-2/h3-6,10-11H,1-2H3/t6-,10+/m1/s1. The second kappa shape index (κ2) is 6.65. The van der Waals surface area contributed by atoms with E-state index in [2.05, 4.69) is 4.94 Å². The van der Waals surface area contributed by atoms with Crippen molar-refractivity contribution in [3.05, 3.63) is 28.8 Å².